The average molecular weight is 337 g/mol. The van der Waals surface area contributed by atoms with Gasteiger partial charge in [-0.3, -0.25) is 14.4 Å². The van der Waals surface area contributed by atoms with E-state index in [0.717, 1.165) is 0 Å². The summed E-state index contributed by atoms with van der Waals surface area (Å²) in [5.41, 5.74) is 0.831. The third-order valence-corrected chi connectivity index (χ3v) is 3.96. The van der Waals surface area contributed by atoms with E-state index in [1.54, 1.807) is 18.2 Å². The number of allylic oxidation sites excluding steroid dienone is 2. The Balaban J connectivity index is 2.15. The lowest BCUT2D eigenvalue weighted by atomic mass is 9.82. The lowest BCUT2D eigenvalue weighted by molar-refractivity contribution is -0.146. The molecular weight excluding hydrogens is 320 g/mol. The highest BCUT2D eigenvalue weighted by molar-refractivity contribution is 6.33. The number of benzene rings is 1. The van der Waals surface area contributed by atoms with Crippen LogP contribution in [-0.2, 0) is 14.4 Å². The van der Waals surface area contributed by atoms with E-state index in [0.29, 0.717) is 29.2 Å². The van der Waals surface area contributed by atoms with Crippen molar-refractivity contribution < 1.29 is 19.5 Å². The molecule has 7 heteroatoms. The Kier molecular flexibility index (Phi) is 5.39. The summed E-state index contributed by atoms with van der Waals surface area (Å²) in [5.74, 6) is -2.99. The van der Waals surface area contributed by atoms with Crippen molar-refractivity contribution in [2.45, 2.75) is 19.8 Å². The number of carbonyl (C=O) groups is 3. The number of hydrogen-bond acceptors (Lipinski definition) is 3. The molecule has 0 aromatic heterocycles. The molecule has 1 aromatic carbocycles. The molecule has 1 aliphatic carbocycles. The lowest BCUT2D eigenvalue weighted by Gasteiger charge is -2.24. The van der Waals surface area contributed by atoms with Crippen LogP contribution in [0.5, 0.6) is 0 Å². The molecule has 1 aromatic rings. The van der Waals surface area contributed by atoms with Crippen LogP contribution in [0.25, 0.3) is 0 Å². The van der Waals surface area contributed by atoms with Gasteiger partial charge in [-0.2, -0.15) is 0 Å². The standard InChI is InChI=1S/C16H17ClN2O4/c1-9(20)18-14-8-10(6-7-13(14)17)19-15(21)11-4-2-3-5-12(11)16(22)23/h2-3,6-8,11-12H,4-5H2,1H3,(H,18,20)(H,19,21)(H,22,23)/t11-,12-/m1/s1. The van der Waals surface area contributed by atoms with Crippen molar-refractivity contribution in [2.75, 3.05) is 10.6 Å². The number of hydrogen-bond donors (Lipinski definition) is 3. The molecule has 0 radical (unpaired) electrons. The van der Waals surface area contributed by atoms with Gasteiger partial charge in [-0.15, -0.1) is 0 Å². The molecule has 23 heavy (non-hydrogen) atoms. The third kappa shape index (κ3) is 4.32. The summed E-state index contributed by atoms with van der Waals surface area (Å²) in [6, 6.07) is 4.69. The molecular formula is C16H17ClN2O4. The zero-order valence-electron chi connectivity index (χ0n) is 12.5. The Hall–Kier alpha value is -2.34. The molecule has 3 N–H and O–H groups in total. The maximum atomic E-state index is 12.4. The van der Waals surface area contributed by atoms with Crippen LogP contribution in [0.1, 0.15) is 19.8 Å². The Morgan fingerprint density at radius 3 is 2.39 bits per heavy atom. The topological polar surface area (TPSA) is 95.5 Å². The van der Waals surface area contributed by atoms with E-state index in [1.807, 2.05) is 6.08 Å². The third-order valence-electron chi connectivity index (χ3n) is 3.63. The molecule has 0 spiro atoms. The van der Waals surface area contributed by atoms with E-state index in [-0.39, 0.29) is 11.8 Å². The fraction of sp³-hybridized carbons (Fsp3) is 0.312. The summed E-state index contributed by atoms with van der Waals surface area (Å²) >= 11 is 5.98. The Labute approximate surface area is 138 Å². The maximum absolute atomic E-state index is 12.4. The normalized spacial score (nSPS) is 19.9. The smallest absolute Gasteiger partial charge is 0.307 e. The van der Waals surface area contributed by atoms with Gasteiger partial charge in [0.2, 0.25) is 11.8 Å². The molecule has 1 aliphatic rings. The van der Waals surface area contributed by atoms with Gasteiger partial charge in [0.15, 0.2) is 0 Å². The molecule has 0 unspecified atom stereocenters. The first-order chi connectivity index (χ1) is 10.9. The molecule has 2 rings (SSSR count). The Morgan fingerprint density at radius 1 is 1.13 bits per heavy atom. The van der Waals surface area contributed by atoms with Crippen molar-refractivity contribution in [1.29, 1.82) is 0 Å². The van der Waals surface area contributed by atoms with Crippen molar-refractivity contribution in [3.63, 3.8) is 0 Å². The quantitative estimate of drug-likeness (QED) is 0.737. The summed E-state index contributed by atoms with van der Waals surface area (Å²) in [6.07, 6.45) is 4.31. The monoisotopic (exact) mass is 336 g/mol. The number of carbonyl (C=O) groups excluding carboxylic acids is 2. The molecule has 0 bridgehead atoms. The van der Waals surface area contributed by atoms with Gasteiger partial charge in [-0.05, 0) is 31.0 Å². The van der Waals surface area contributed by atoms with Crippen LogP contribution in [0.4, 0.5) is 11.4 Å². The Bertz CT molecular complexity index is 672. The molecule has 0 heterocycles. The van der Waals surface area contributed by atoms with E-state index in [1.165, 1.54) is 13.0 Å². The van der Waals surface area contributed by atoms with E-state index in [2.05, 4.69) is 10.6 Å². The molecule has 0 aliphatic heterocycles. The van der Waals surface area contributed by atoms with Crippen LogP contribution >= 0.6 is 11.6 Å². The largest absolute Gasteiger partial charge is 0.481 e. The van der Waals surface area contributed by atoms with Crippen LogP contribution < -0.4 is 10.6 Å². The maximum Gasteiger partial charge on any atom is 0.307 e. The zero-order chi connectivity index (χ0) is 17.0. The molecule has 0 saturated heterocycles. The molecule has 6 nitrogen and oxygen atoms in total. The van der Waals surface area contributed by atoms with Crippen LogP contribution in [0.2, 0.25) is 5.02 Å². The van der Waals surface area contributed by atoms with Gasteiger partial charge in [-0.25, -0.2) is 0 Å². The van der Waals surface area contributed by atoms with Crippen molar-refractivity contribution in [1.82, 2.24) is 0 Å². The number of aliphatic carboxylic acids is 1. The summed E-state index contributed by atoms with van der Waals surface area (Å²) < 4.78 is 0. The Morgan fingerprint density at radius 2 is 1.78 bits per heavy atom. The van der Waals surface area contributed by atoms with Gasteiger partial charge < -0.3 is 15.7 Å². The van der Waals surface area contributed by atoms with Crippen molar-refractivity contribution in [3.8, 4) is 0 Å². The van der Waals surface area contributed by atoms with Crippen LogP contribution in [0, 0.1) is 11.8 Å². The van der Waals surface area contributed by atoms with E-state index < -0.39 is 17.8 Å². The fourth-order valence-electron chi connectivity index (χ4n) is 2.50. The van der Waals surface area contributed by atoms with Gasteiger partial charge in [-0.1, -0.05) is 23.8 Å². The minimum Gasteiger partial charge on any atom is -0.481 e. The second-order valence-corrected chi connectivity index (χ2v) is 5.77. The number of carboxylic acids is 1. The SMILES string of the molecule is CC(=O)Nc1cc(NC(=O)[C@@H]2CC=CC[C@H]2C(=O)O)ccc1Cl. The van der Waals surface area contributed by atoms with E-state index in [9.17, 15) is 19.5 Å². The van der Waals surface area contributed by atoms with Gasteiger partial charge in [0.25, 0.3) is 0 Å². The number of anilines is 2. The van der Waals surface area contributed by atoms with Crippen molar-refractivity contribution >= 4 is 40.8 Å². The highest BCUT2D eigenvalue weighted by Crippen LogP contribution is 2.29. The summed E-state index contributed by atoms with van der Waals surface area (Å²) in [7, 11) is 0. The van der Waals surface area contributed by atoms with Crippen LogP contribution in [0.15, 0.2) is 30.4 Å². The van der Waals surface area contributed by atoms with Crippen LogP contribution in [-0.4, -0.2) is 22.9 Å². The first-order valence-electron chi connectivity index (χ1n) is 7.14. The van der Waals surface area contributed by atoms with Gasteiger partial charge >= 0.3 is 5.97 Å². The number of rotatable bonds is 4. The summed E-state index contributed by atoms with van der Waals surface area (Å²) in [5, 5.41) is 14.8. The predicted octanol–water partition coefficient (Wildman–Crippen LogP) is 2.90. The average Bonchev–Trinajstić information content (AvgIpc) is 2.50. The fourth-order valence-corrected chi connectivity index (χ4v) is 2.67. The minimum absolute atomic E-state index is 0.279. The molecule has 0 saturated carbocycles. The van der Waals surface area contributed by atoms with Gasteiger partial charge in [0.05, 0.1) is 22.5 Å². The highest BCUT2D eigenvalue weighted by atomic mass is 35.5. The molecule has 0 fully saturated rings. The zero-order valence-corrected chi connectivity index (χ0v) is 13.3. The first kappa shape index (κ1) is 17.0. The van der Waals surface area contributed by atoms with E-state index in [4.69, 9.17) is 11.6 Å². The minimum atomic E-state index is -0.982. The second kappa shape index (κ2) is 7.28. The number of amides is 2. The number of nitrogens with one attached hydrogen (secondary N) is 2. The van der Waals surface area contributed by atoms with Gasteiger partial charge in [0, 0.05) is 12.6 Å². The molecule has 2 atom stereocenters. The number of carboxylic acid groups (broad SMARTS) is 1. The van der Waals surface area contributed by atoms with Crippen LogP contribution in [0.3, 0.4) is 0 Å². The van der Waals surface area contributed by atoms with E-state index >= 15 is 0 Å². The number of halogens is 1. The van der Waals surface area contributed by atoms with Crippen molar-refractivity contribution in [3.05, 3.63) is 35.4 Å². The van der Waals surface area contributed by atoms with Gasteiger partial charge in [0.1, 0.15) is 0 Å². The summed E-state index contributed by atoms with van der Waals surface area (Å²) in [4.78, 5) is 34.8. The molecule has 122 valence electrons. The predicted molar refractivity (Wildman–Crippen MR) is 87.4 cm³/mol. The lowest BCUT2D eigenvalue weighted by Crippen LogP contribution is -2.34. The highest BCUT2D eigenvalue weighted by Gasteiger charge is 2.33. The summed E-state index contributed by atoms with van der Waals surface area (Å²) in [6.45, 7) is 1.35. The molecule has 2 amide bonds. The van der Waals surface area contributed by atoms with Crippen molar-refractivity contribution in [2.24, 2.45) is 11.8 Å². The second-order valence-electron chi connectivity index (χ2n) is 5.36. The first-order valence-corrected chi connectivity index (χ1v) is 7.52.